The first-order valence-corrected chi connectivity index (χ1v) is 11.2. The third-order valence-corrected chi connectivity index (χ3v) is 6.98. The maximum absolute atomic E-state index is 13.1. The van der Waals surface area contributed by atoms with E-state index in [1.165, 1.54) is 0 Å². The molecule has 5 nitrogen and oxygen atoms in total. The van der Waals surface area contributed by atoms with Gasteiger partial charge in [-0.2, -0.15) is 0 Å². The highest BCUT2D eigenvalue weighted by Gasteiger charge is 2.17. The average molecular weight is 479 g/mol. The summed E-state index contributed by atoms with van der Waals surface area (Å²) >= 11 is 5.06. The maximum atomic E-state index is 13.1. The highest BCUT2D eigenvalue weighted by Crippen LogP contribution is 2.34. The van der Waals surface area contributed by atoms with Crippen LogP contribution in [0.1, 0.15) is 5.69 Å². The van der Waals surface area contributed by atoms with E-state index in [-0.39, 0.29) is 5.56 Å². The molecule has 150 valence electrons. The molecular formula is C23H19BrN4OS. The number of halogens is 1. The van der Waals surface area contributed by atoms with Gasteiger partial charge < -0.3 is 10.3 Å². The molecule has 0 saturated heterocycles. The van der Waals surface area contributed by atoms with Gasteiger partial charge in [0.25, 0.3) is 5.56 Å². The highest BCUT2D eigenvalue weighted by molar-refractivity contribution is 9.10. The second-order valence-electron chi connectivity index (χ2n) is 7.31. The lowest BCUT2D eigenvalue weighted by Crippen LogP contribution is -2.20. The topological polar surface area (TPSA) is 65.8 Å². The zero-order chi connectivity index (χ0) is 21.0. The Bertz CT molecular complexity index is 1480. The molecule has 2 N–H and O–H groups in total. The van der Waals surface area contributed by atoms with Crippen molar-refractivity contribution < 1.29 is 0 Å². The third kappa shape index (κ3) is 2.93. The summed E-state index contributed by atoms with van der Waals surface area (Å²) in [6, 6.07) is 16.2. The van der Waals surface area contributed by atoms with Gasteiger partial charge in [0.15, 0.2) is 0 Å². The van der Waals surface area contributed by atoms with Gasteiger partial charge in [0.05, 0.1) is 11.2 Å². The van der Waals surface area contributed by atoms with Gasteiger partial charge >= 0.3 is 0 Å². The van der Waals surface area contributed by atoms with E-state index in [2.05, 4.69) is 43.7 Å². The predicted octanol–water partition coefficient (Wildman–Crippen LogP) is 5.04. The second-order valence-corrected chi connectivity index (χ2v) is 9.08. The molecule has 0 amide bonds. The molecule has 2 aromatic carbocycles. The largest absolute Gasteiger partial charge is 0.330 e. The van der Waals surface area contributed by atoms with Crippen LogP contribution in [0.2, 0.25) is 0 Å². The first-order valence-electron chi connectivity index (χ1n) is 9.51. The Morgan fingerprint density at radius 1 is 1.00 bits per heavy atom. The first-order chi connectivity index (χ1) is 14.5. The lowest BCUT2D eigenvalue weighted by molar-refractivity contribution is 0.846. The lowest BCUT2D eigenvalue weighted by Gasteiger charge is -2.08. The van der Waals surface area contributed by atoms with Gasteiger partial charge in [-0.3, -0.25) is 9.36 Å². The molecule has 0 spiro atoms. The minimum atomic E-state index is -0.0107. The Morgan fingerprint density at radius 3 is 2.43 bits per heavy atom. The zero-order valence-electron chi connectivity index (χ0n) is 16.5. The van der Waals surface area contributed by atoms with Crippen molar-refractivity contribution in [1.82, 2.24) is 14.1 Å². The maximum Gasteiger partial charge on any atom is 0.259 e. The Labute approximate surface area is 185 Å². The minimum Gasteiger partial charge on any atom is -0.330 e. The average Bonchev–Trinajstić information content (AvgIpc) is 3.34. The van der Waals surface area contributed by atoms with E-state index in [1.807, 2.05) is 49.8 Å². The van der Waals surface area contributed by atoms with E-state index < -0.39 is 0 Å². The molecule has 0 unspecified atom stereocenters. The van der Waals surface area contributed by atoms with Crippen molar-refractivity contribution in [3.63, 3.8) is 0 Å². The summed E-state index contributed by atoms with van der Waals surface area (Å²) < 4.78 is 4.80. The fourth-order valence-electron chi connectivity index (χ4n) is 3.99. The molecule has 0 bridgehead atoms. The molecular weight excluding hydrogens is 460 g/mol. The fraction of sp³-hybridized carbons (Fsp3) is 0.130. The SMILES string of the molecule is Cn1c(=O)c(-c2ccc(Br)cc2)cc2c3cc(-c4nc(CN)cs4)ccc3n(C)c21. The molecule has 5 aromatic rings. The lowest BCUT2D eigenvalue weighted by atomic mass is 10.0. The Morgan fingerprint density at radius 2 is 1.73 bits per heavy atom. The van der Waals surface area contributed by atoms with Crippen molar-refractivity contribution in [1.29, 1.82) is 0 Å². The second kappa shape index (κ2) is 7.19. The molecule has 0 aliphatic heterocycles. The summed E-state index contributed by atoms with van der Waals surface area (Å²) in [5, 5.41) is 5.10. The monoisotopic (exact) mass is 478 g/mol. The van der Waals surface area contributed by atoms with Gasteiger partial charge in [-0.25, -0.2) is 4.98 Å². The van der Waals surface area contributed by atoms with Crippen LogP contribution in [0, 0.1) is 0 Å². The standard InChI is InChI=1S/C23H19BrN4OS/c1-27-20-8-5-14(21-26-16(11-25)12-30-21)9-18(20)19-10-17(23(29)28(2)22(19)27)13-3-6-15(24)7-4-13/h3-10,12H,11,25H2,1-2H3. The van der Waals surface area contributed by atoms with Crippen molar-refractivity contribution in [2.75, 3.05) is 0 Å². The minimum absolute atomic E-state index is 0.0107. The van der Waals surface area contributed by atoms with E-state index in [9.17, 15) is 4.79 Å². The number of benzene rings is 2. The smallest absolute Gasteiger partial charge is 0.259 e. The Hall–Kier alpha value is -2.74. The number of hydrogen-bond acceptors (Lipinski definition) is 4. The van der Waals surface area contributed by atoms with Crippen LogP contribution in [0.25, 0.3) is 43.6 Å². The summed E-state index contributed by atoms with van der Waals surface area (Å²) in [6.07, 6.45) is 0. The summed E-state index contributed by atoms with van der Waals surface area (Å²) in [7, 11) is 3.83. The Balaban J connectivity index is 1.81. The van der Waals surface area contributed by atoms with Crippen LogP contribution in [0.5, 0.6) is 0 Å². The van der Waals surface area contributed by atoms with Crippen molar-refractivity contribution in [3.05, 3.63) is 74.4 Å². The predicted molar refractivity (Wildman–Crippen MR) is 128 cm³/mol. The normalized spacial score (nSPS) is 11.6. The number of rotatable bonds is 3. The van der Waals surface area contributed by atoms with Gasteiger partial charge in [0.2, 0.25) is 0 Å². The fourth-order valence-corrected chi connectivity index (χ4v) is 5.09. The van der Waals surface area contributed by atoms with E-state index in [1.54, 1.807) is 15.9 Å². The first kappa shape index (κ1) is 19.2. The molecule has 0 radical (unpaired) electrons. The number of aryl methyl sites for hydroxylation is 2. The van der Waals surface area contributed by atoms with Crippen molar-refractivity contribution >= 4 is 49.2 Å². The van der Waals surface area contributed by atoms with Crippen LogP contribution in [0.3, 0.4) is 0 Å². The summed E-state index contributed by atoms with van der Waals surface area (Å²) in [5.41, 5.74) is 11.2. The molecule has 7 heteroatoms. The van der Waals surface area contributed by atoms with E-state index in [4.69, 9.17) is 5.73 Å². The van der Waals surface area contributed by atoms with Gasteiger partial charge in [0, 0.05) is 52.4 Å². The summed E-state index contributed by atoms with van der Waals surface area (Å²) in [4.78, 5) is 17.8. The van der Waals surface area contributed by atoms with Crippen LogP contribution in [0.15, 0.2) is 63.2 Å². The van der Waals surface area contributed by atoms with Gasteiger partial charge in [-0.1, -0.05) is 28.1 Å². The quantitative estimate of drug-likeness (QED) is 0.394. The molecule has 0 fully saturated rings. The van der Waals surface area contributed by atoms with Gasteiger partial charge in [-0.05, 0) is 42.0 Å². The molecule has 0 atom stereocenters. The number of nitrogens with zero attached hydrogens (tertiary/aromatic N) is 3. The number of hydrogen-bond donors (Lipinski definition) is 1. The molecule has 3 heterocycles. The number of thiazole rings is 1. The van der Waals surface area contributed by atoms with E-state index in [0.717, 1.165) is 48.2 Å². The Kier molecular flexibility index (Phi) is 4.61. The zero-order valence-corrected chi connectivity index (χ0v) is 18.9. The van der Waals surface area contributed by atoms with E-state index in [0.29, 0.717) is 12.1 Å². The summed E-state index contributed by atoms with van der Waals surface area (Å²) in [5.74, 6) is 0. The number of nitrogens with two attached hydrogens (primary N) is 1. The molecule has 0 saturated carbocycles. The highest BCUT2D eigenvalue weighted by atomic mass is 79.9. The van der Waals surface area contributed by atoms with Crippen LogP contribution >= 0.6 is 27.3 Å². The third-order valence-electron chi connectivity index (χ3n) is 5.51. The van der Waals surface area contributed by atoms with Crippen molar-refractivity contribution in [2.24, 2.45) is 19.8 Å². The van der Waals surface area contributed by atoms with Gasteiger partial charge in [0.1, 0.15) is 10.7 Å². The number of pyridine rings is 1. The molecule has 3 aromatic heterocycles. The van der Waals surface area contributed by atoms with Crippen LogP contribution in [-0.4, -0.2) is 14.1 Å². The number of fused-ring (bicyclic) bond motifs is 3. The summed E-state index contributed by atoms with van der Waals surface area (Å²) in [6.45, 7) is 0.436. The van der Waals surface area contributed by atoms with Crippen LogP contribution in [-0.2, 0) is 20.6 Å². The van der Waals surface area contributed by atoms with Crippen molar-refractivity contribution in [2.45, 2.75) is 6.54 Å². The molecule has 30 heavy (non-hydrogen) atoms. The van der Waals surface area contributed by atoms with Crippen molar-refractivity contribution in [3.8, 4) is 21.7 Å². The molecule has 5 rings (SSSR count). The number of aromatic nitrogens is 3. The van der Waals surface area contributed by atoms with E-state index >= 15 is 0 Å². The van der Waals surface area contributed by atoms with Crippen LogP contribution in [0.4, 0.5) is 0 Å². The molecule has 0 aliphatic rings. The van der Waals surface area contributed by atoms with Gasteiger partial charge in [-0.15, -0.1) is 11.3 Å². The van der Waals surface area contributed by atoms with Crippen LogP contribution < -0.4 is 11.3 Å². The molecule has 0 aliphatic carbocycles.